The van der Waals surface area contributed by atoms with Crippen molar-refractivity contribution in [3.05, 3.63) is 34.2 Å². The summed E-state index contributed by atoms with van der Waals surface area (Å²) >= 11 is 1.23. The molecule has 0 aromatic carbocycles. The van der Waals surface area contributed by atoms with Crippen molar-refractivity contribution in [1.29, 1.82) is 0 Å². The van der Waals surface area contributed by atoms with Crippen molar-refractivity contribution < 1.29 is 19.4 Å². The Hall–Kier alpha value is -1.62. The van der Waals surface area contributed by atoms with Gasteiger partial charge in [0.05, 0.1) is 12.0 Å². The third-order valence-corrected chi connectivity index (χ3v) is 2.31. The van der Waals surface area contributed by atoms with Crippen LogP contribution in [0.1, 0.15) is 9.67 Å². The number of allylic oxidation sites excluding steroid dienone is 1. The molecule has 0 aliphatic carbocycles. The number of carbonyl (C=O) groups is 2. The molecule has 0 spiro atoms. The molecular formula is C9H8O4S. The first-order valence-electron chi connectivity index (χ1n) is 3.72. The van der Waals surface area contributed by atoms with Crippen LogP contribution in [0.2, 0.25) is 0 Å². The van der Waals surface area contributed by atoms with E-state index in [1.54, 1.807) is 17.5 Å². The summed E-state index contributed by atoms with van der Waals surface area (Å²) in [5.41, 5.74) is 0. The standard InChI is InChI=1S/C9H8O4S/c1-13-9(12)7(11)5-6(10)8-3-2-4-14-8/h2-5,11H,1H3/b7-5-. The van der Waals surface area contributed by atoms with E-state index in [1.165, 1.54) is 11.3 Å². The van der Waals surface area contributed by atoms with Crippen LogP contribution in [0.3, 0.4) is 0 Å². The number of carbonyl (C=O) groups excluding carboxylic acids is 2. The minimum Gasteiger partial charge on any atom is -0.502 e. The van der Waals surface area contributed by atoms with Gasteiger partial charge in [-0.2, -0.15) is 0 Å². The molecule has 0 bridgehead atoms. The fraction of sp³-hybridized carbons (Fsp3) is 0.111. The lowest BCUT2D eigenvalue weighted by Crippen LogP contribution is -2.06. The molecule has 0 aliphatic rings. The van der Waals surface area contributed by atoms with Crippen LogP contribution >= 0.6 is 11.3 Å². The van der Waals surface area contributed by atoms with Crippen LogP contribution in [0.25, 0.3) is 0 Å². The monoisotopic (exact) mass is 212 g/mol. The zero-order valence-electron chi connectivity index (χ0n) is 7.39. The molecule has 0 saturated heterocycles. The van der Waals surface area contributed by atoms with Crippen LogP contribution in [-0.4, -0.2) is 24.0 Å². The highest BCUT2D eigenvalue weighted by Gasteiger charge is 2.11. The van der Waals surface area contributed by atoms with Crippen molar-refractivity contribution in [3.8, 4) is 0 Å². The summed E-state index contributed by atoms with van der Waals surface area (Å²) in [4.78, 5) is 22.5. The van der Waals surface area contributed by atoms with E-state index in [1.807, 2.05) is 0 Å². The Morgan fingerprint density at radius 1 is 1.57 bits per heavy atom. The maximum absolute atomic E-state index is 11.3. The number of aliphatic hydroxyl groups is 1. The molecule has 1 aromatic heterocycles. The van der Waals surface area contributed by atoms with E-state index in [0.717, 1.165) is 13.2 Å². The molecular weight excluding hydrogens is 204 g/mol. The topological polar surface area (TPSA) is 63.6 Å². The number of hydrogen-bond acceptors (Lipinski definition) is 5. The van der Waals surface area contributed by atoms with Crippen LogP contribution in [0.15, 0.2) is 29.3 Å². The van der Waals surface area contributed by atoms with E-state index in [4.69, 9.17) is 5.11 Å². The third kappa shape index (κ3) is 2.43. The van der Waals surface area contributed by atoms with Gasteiger partial charge in [0.15, 0.2) is 5.78 Å². The van der Waals surface area contributed by atoms with Gasteiger partial charge in [-0.15, -0.1) is 11.3 Å². The minimum absolute atomic E-state index is 0.414. The van der Waals surface area contributed by atoms with Crippen LogP contribution in [-0.2, 0) is 9.53 Å². The van der Waals surface area contributed by atoms with E-state index in [2.05, 4.69) is 4.74 Å². The van der Waals surface area contributed by atoms with Crippen LogP contribution in [0.5, 0.6) is 0 Å². The summed E-state index contributed by atoms with van der Waals surface area (Å²) in [6, 6.07) is 3.31. The van der Waals surface area contributed by atoms with E-state index in [9.17, 15) is 9.59 Å². The van der Waals surface area contributed by atoms with E-state index >= 15 is 0 Å². The molecule has 0 aliphatic heterocycles. The number of methoxy groups -OCH3 is 1. The summed E-state index contributed by atoms with van der Waals surface area (Å²) in [6.45, 7) is 0. The molecule has 0 fully saturated rings. The SMILES string of the molecule is COC(=O)/C(O)=C/C(=O)c1cccs1. The smallest absolute Gasteiger partial charge is 0.373 e. The second-order valence-electron chi connectivity index (χ2n) is 2.36. The highest BCUT2D eigenvalue weighted by atomic mass is 32.1. The Balaban J connectivity index is 2.78. The van der Waals surface area contributed by atoms with Crippen molar-refractivity contribution in [2.24, 2.45) is 0 Å². The second kappa shape index (κ2) is 4.57. The summed E-state index contributed by atoms with van der Waals surface area (Å²) in [5.74, 6) is -2.02. The van der Waals surface area contributed by atoms with Gasteiger partial charge in [0.2, 0.25) is 5.76 Å². The van der Waals surface area contributed by atoms with Gasteiger partial charge in [-0.1, -0.05) is 6.07 Å². The van der Waals surface area contributed by atoms with Crippen molar-refractivity contribution in [1.82, 2.24) is 0 Å². The van der Waals surface area contributed by atoms with Crippen molar-refractivity contribution in [2.75, 3.05) is 7.11 Å². The van der Waals surface area contributed by atoms with E-state index in [-0.39, 0.29) is 0 Å². The molecule has 1 rings (SSSR count). The Kier molecular flexibility index (Phi) is 3.41. The Morgan fingerprint density at radius 3 is 2.79 bits per heavy atom. The summed E-state index contributed by atoms with van der Waals surface area (Å²) in [5, 5.41) is 10.8. The molecule has 14 heavy (non-hydrogen) atoms. The third-order valence-electron chi connectivity index (χ3n) is 1.43. The van der Waals surface area contributed by atoms with Crippen molar-refractivity contribution in [2.45, 2.75) is 0 Å². The van der Waals surface area contributed by atoms with Crippen LogP contribution < -0.4 is 0 Å². The average Bonchev–Trinajstić information content (AvgIpc) is 2.69. The molecule has 1 aromatic rings. The van der Waals surface area contributed by atoms with Gasteiger partial charge in [0.25, 0.3) is 0 Å². The van der Waals surface area contributed by atoms with E-state index in [0.29, 0.717) is 4.88 Å². The number of esters is 1. The molecule has 0 saturated carbocycles. The van der Waals surface area contributed by atoms with Crippen LogP contribution in [0, 0.1) is 0 Å². The Bertz CT molecular complexity index is 364. The molecule has 74 valence electrons. The number of thiophene rings is 1. The number of ether oxygens (including phenoxy) is 1. The van der Waals surface area contributed by atoms with Gasteiger partial charge >= 0.3 is 5.97 Å². The zero-order valence-corrected chi connectivity index (χ0v) is 8.21. The number of aliphatic hydroxyl groups excluding tert-OH is 1. The van der Waals surface area contributed by atoms with Gasteiger partial charge < -0.3 is 9.84 Å². The lowest BCUT2D eigenvalue weighted by molar-refractivity contribution is -0.139. The fourth-order valence-electron chi connectivity index (χ4n) is 0.778. The molecule has 1 N–H and O–H groups in total. The van der Waals surface area contributed by atoms with Crippen molar-refractivity contribution in [3.63, 3.8) is 0 Å². The highest BCUT2D eigenvalue weighted by Crippen LogP contribution is 2.10. The van der Waals surface area contributed by atoms with Gasteiger partial charge in [-0.05, 0) is 11.4 Å². The minimum atomic E-state index is -0.921. The molecule has 4 nitrogen and oxygen atoms in total. The Labute approximate surface area is 84.4 Å². The average molecular weight is 212 g/mol. The first kappa shape index (κ1) is 10.5. The molecule has 0 unspecified atom stereocenters. The number of hydrogen-bond donors (Lipinski definition) is 1. The summed E-state index contributed by atoms with van der Waals surface area (Å²) in [7, 11) is 1.13. The maximum atomic E-state index is 11.3. The molecule has 0 atom stereocenters. The second-order valence-corrected chi connectivity index (χ2v) is 3.31. The van der Waals surface area contributed by atoms with Gasteiger partial charge in [-0.25, -0.2) is 4.79 Å². The zero-order chi connectivity index (χ0) is 10.6. The fourth-order valence-corrected chi connectivity index (χ4v) is 1.41. The summed E-state index contributed by atoms with van der Waals surface area (Å²) in [6.07, 6.45) is 0.845. The molecule has 0 radical (unpaired) electrons. The highest BCUT2D eigenvalue weighted by molar-refractivity contribution is 7.12. The maximum Gasteiger partial charge on any atom is 0.373 e. The lowest BCUT2D eigenvalue weighted by atomic mass is 10.3. The number of ketones is 1. The van der Waals surface area contributed by atoms with Crippen molar-refractivity contribution >= 4 is 23.1 Å². The largest absolute Gasteiger partial charge is 0.502 e. The summed E-state index contributed by atoms with van der Waals surface area (Å²) < 4.78 is 4.22. The van der Waals surface area contributed by atoms with Gasteiger partial charge in [-0.3, -0.25) is 4.79 Å². The van der Waals surface area contributed by atoms with Gasteiger partial charge in [0, 0.05) is 6.08 Å². The van der Waals surface area contributed by atoms with Gasteiger partial charge in [0.1, 0.15) is 0 Å². The predicted octanol–water partition coefficient (Wildman–Crippen LogP) is 1.55. The quantitative estimate of drug-likeness (QED) is 0.357. The molecule has 1 heterocycles. The Morgan fingerprint density at radius 2 is 2.29 bits per heavy atom. The number of rotatable bonds is 3. The van der Waals surface area contributed by atoms with E-state index < -0.39 is 17.5 Å². The lowest BCUT2D eigenvalue weighted by Gasteiger charge is -1.95. The van der Waals surface area contributed by atoms with Crippen LogP contribution in [0.4, 0.5) is 0 Å². The molecule has 0 amide bonds. The first-order chi connectivity index (χ1) is 6.65. The predicted molar refractivity (Wildman–Crippen MR) is 51.4 cm³/mol. The molecule has 5 heteroatoms. The normalized spacial score (nSPS) is 11.1. The first-order valence-corrected chi connectivity index (χ1v) is 4.60.